The van der Waals surface area contributed by atoms with Gasteiger partial charge in [-0.1, -0.05) is 24.3 Å². The van der Waals surface area contributed by atoms with Crippen molar-refractivity contribution in [3.63, 3.8) is 0 Å². The first kappa shape index (κ1) is 19.2. The van der Waals surface area contributed by atoms with E-state index in [1.807, 2.05) is 36.4 Å². The quantitative estimate of drug-likeness (QED) is 0.480. The van der Waals surface area contributed by atoms with E-state index in [9.17, 15) is 4.79 Å². The lowest BCUT2D eigenvalue weighted by Gasteiger charge is -2.09. The van der Waals surface area contributed by atoms with E-state index >= 15 is 0 Å². The molecule has 0 saturated heterocycles. The molecule has 0 spiro atoms. The maximum absolute atomic E-state index is 12.0. The molecule has 1 amide bonds. The van der Waals surface area contributed by atoms with E-state index < -0.39 is 0 Å². The van der Waals surface area contributed by atoms with Gasteiger partial charge in [0, 0.05) is 17.7 Å². The molecule has 1 aromatic heterocycles. The number of nitrogens with zero attached hydrogens (tertiary/aromatic N) is 1. The summed E-state index contributed by atoms with van der Waals surface area (Å²) in [4.78, 5) is 16.3. The lowest BCUT2D eigenvalue weighted by molar-refractivity contribution is -0.116. The lowest BCUT2D eigenvalue weighted by atomic mass is 10.2. The van der Waals surface area contributed by atoms with Gasteiger partial charge in [-0.05, 0) is 35.9 Å². The van der Waals surface area contributed by atoms with E-state index in [0.717, 1.165) is 16.5 Å². The number of carbonyl (C=O) groups is 1. The van der Waals surface area contributed by atoms with E-state index in [4.69, 9.17) is 14.2 Å². The molecule has 28 heavy (non-hydrogen) atoms. The van der Waals surface area contributed by atoms with Crippen LogP contribution in [0.4, 0.5) is 0 Å². The highest BCUT2D eigenvalue weighted by atomic mass is 16.5. The summed E-state index contributed by atoms with van der Waals surface area (Å²) in [6.07, 6.45) is 4.92. The van der Waals surface area contributed by atoms with Gasteiger partial charge in [0.25, 0.3) is 0 Å². The summed E-state index contributed by atoms with van der Waals surface area (Å²) in [5.74, 6) is 1.76. The van der Waals surface area contributed by atoms with Crippen molar-refractivity contribution in [2.24, 2.45) is 0 Å². The van der Waals surface area contributed by atoms with Gasteiger partial charge in [-0.25, -0.2) is 0 Å². The maximum atomic E-state index is 12.0. The Morgan fingerprint density at radius 2 is 1.86 bits per heavy atom. The SMILES string of the molecule is COc1ccc(C=CC(=O)NCCOc2cccc3cccnc23)cc1OC. The number of carbonyl (C=O) groups excluding carboxylic acids is 1. The van der Waals surface area contributed by atoms with Crippen molar-refractivity contribution >= 4 is 22.9 Å². The normalized spacial score (nSPS) is 10.8. The Morgan fingerprint density at radius 1 is 1.04 bits per heavy atom. The van der Waals surface area contributed by atoms with E-state index in [1.165, 1.54) is 6.08 Å². The Bertz CT molecular complexity index is 980. The minimum absolute atomic E-state index is 0.200. The first-order valence-electron chi connectivity index (χ1n) is 8.86. The fourth-order valence-electron chi connectivity index (χ4n) is 2.72. The molecule has 6 heteroatoms. The fourth-order valence-corrected chi connectivity index (χ4v) is 2.72. The molecular weight excluding hydrogens is 356 g/mol. The van der Waals surface area contributed by atoms with E-state index in [1.54, 1.807) is 38.6 Å². The monoisotopic (exact) mass is 378 g/mol. The van der Waals surface area contributed by atoms with Crippen molar-refractivity contribution in [3.05, 3.63) is 66.4 Å². The number of rotatable bonds is 8. The number of ether oxygens (including phenoxy) is 3. The summed E-state index contributed by atoms with van der Waals surface area (Å²) >= 11 is 0. The van der Waals surface area contributed by atoms with Gasteiger partial charge in [0.2, 0.25) is 5.91 Å². The summed E-state index contributed by atoms with van der Waals surface area (Å²) in [5, 5.41) is 3.81. The van der Waals surface area contributed by atoms with Crippen molar-refractivity contribution in [1.29, 1.82) is 0 Å². The first-order valence-corrected chi connectivity index (χ1v) is 8.86. The van der Waals surface area contributed by atoms with Crippen LogP contribution in [0, 0.1) is 0 Å². The Hall–Kier alpha value is -3.54. The number of benzene rings is 2. The molecule has 0 unspecified atom stereocenters. The van der Waals surface area contributed by atoms with Gasteiger partial charge in [0.05, 0.1) is 20.8 Å². The van der Waals surface area contributed by atoms with Crippen LogP contribution in [0.2, 0.25) is 0 Å². The smallest absolute Gasteiger partial charge is 0.244 e. The maximum Gasteiger partial charge on any atom is 0.244 e. The van der Waals surface area contributed by atoms with Gasteiger partial charge in [0.15, 0.2) is 11.5 Å². The molecule has 1 heterocycles. The third kappa shape index (κ3) is 4.79. The standard InChI is InChI=1S/C22H22N2O4/c1-26-18-10-8-16(15-20(18)27-2)9-11-21(25)23-13-14-28-19-7-3-5-17-6-4-12-24-22(17)19/h3-12,15H,13-14H2,1-2H3,(H,23,25). The molecule has 0 fully saturated rings. The first-order chi connectivity index (χ1) is 13.7. The van der Waals surface area contributed by atoms with Crippen LogP contribution in [0.15, 0.2) is 60.8 Å². The van der Waals surface area contributed by atoms with Crippen LogP contribution in [-0.4, -0.2) is 38.3 Å². The number of fused-ring (bicyclic) bond motifs is 1. The zero-order valence-electron chi connectivity index (χ0n) is 15.8. The second-order valence-electron chi connectivity index (χ2n) is 5.92. The Morgan fingerprint density at radius 3 is 2.68 bits per heavy atom. The van der Waals surface area contributed by atoms with Crippen LogP contribution in [0.5, 0.6) is 17.2 Å². The second kappa shape index (κ2) is 9.41. The predicted octanol–water partition coefficient (Wildman–Crippen LogP) is 3.46. The number of methoxy groups -OCH3 is 2. The fraction of sp³-hybridized carbons (Fsp3) is 0.182. The third-order valence-corrected chi connectivity index (χ3v) is 4.09. The summed E-state index contributed by atoms with van der Waals surface area (Å²) in [5.41, 5.74) is 1.65. The molecule has 2 aromatic carbocycles. The van der Waals surface area contributed by atoms with Crippen LogP contribution in [0.25, 0.3) is 17.0 Å². The highest BCUT2D eigenvalue weighted by Crippen LogP contribution is 2.28. The molecule has 1 N–H and O–H groups in total. The summed E-state index contributed by atoms with van der Waals surface area (Å²) in [7, 11) is 3.15. The summed E-state index contributed by atoms with van der Waals surface area (Å²) in [6, 6.07) is 15.1. The Labute approximate surface area is 163 Å². The van der Waals surface area contributed by atoms with E-state index in [-0.39, 0.29) is 5.91 Å². The Balaban J connectivity index is 1.50. The number of pyridine rings is 1. The number of aromatic nitrogens is 1. The predicted molar refractivity (Wildman–Crippen MR) is 109 cm³/mol. The zero-order valence-corrected chi connectivity index (χ0v) is 15.8. The molecular formula is C22H22N2O4. The molecule has 3 rings (SSSR count). The molecule has 0 bridgehead atoms. The van der Waals surface area contributed by atoms with Crippen molar-refractivity contribution in [1.82, 2.24) is 10.3 Å². The van der Waals surface area contributed by atoms with Crippen molar-refractivity contribution in [2.75, 3.05) is 27.4 Å². The molecule has 0 saturated carbocycles. The average molecular weight is 378 g/mol. The minimum atomic E-state index is -0.200. The second-order valence-corrected chi connectivity index (χ2v) is 5.92. The highest BCUT2D eigenvalue weighted by molar-refractivity contribution is 5.91. The van der Waals surface area contributed by atoms with Gasteiger partial charge < -0.3 is 19.5 Å². The zero-order chi connectivity index (χ0) is 19.8. The van der Waals surface area contributed by atoms with Crippen LogP contribution in [0.1, 0.15) is 5.56 Å². The van der Waals surface area contributed by atoms with Gasteiger partial charge in [0.1, 0.15) is 17.9 Å². The number of nitrogens with one attached hydrogen (secondary N) is 1. The molecule has 0 atom stereocenters. The average Bonchev–Trinajstić information content (AvgIpc) is 2.75. The van der Waals surface area contributed by atoms with Crippen molar-refractivity contribution < 1.29 is 19.0 Å². The van der Waals surface area contributed by atoms with Crippen LogP contribution in [0.3, 0.4) is 0 Å². The van der Waals surface area contributed by atoms with Gasteiger partial charge in [-0.3, -0.25) is 9.78 Å². The van der Waals surface area contributed by atoms with Crippen molar-refractivity contribution in [2.45, 2.75) is 0 Å². The third-order valence-electron chi connectivity index (χ3n) is 4.09. The van der Waals surface area contributed by atoms with Gasteiger partial charge in [-0.2, -0.15) is 0 Å². The number of hydrogen-bond acceptors (Lipinski definition) is 5. The largest absolute Gasteiger partial charge is 0.493 e. The van der Waals surface area contributed by atoms with Gasteiger partial charge >= 0.3 is 0 Å². The highest BCUT2D eigenvalue weighted by Gasteiger charge is 2.04. The van der Waals surface area contributed by atoms with Gasteiger partial charge in [-0.15, -0.1) is 0 Å². The molecule has 0 radical (unpaired) electrons. The lowest BCUT2D eigenvalue weighted by Crippen LogP contribution is -2.26. The molecule has 3 aromatic rings. The topological polar surface area (TPSA) is 69.7 Å². The Kier molecular flexibility index (Phi) is 6.46. The molecule has 144 valence electrons. The molecule has 0 aliphatic rings. The van der Waals surface area contributed by atoms with Crippen molar-refractivity contribution in [3.8, 4) is 17.2 Å². The van der Waals surface area contributed by atoms with Crippen LogP contribution >= 0.6 is 0 Å². The van der Waals surface area contributed by atoms with Crippen LogP contribution in [-0.2, 0) is 4.79 Å². The molecule has 0 aliphatic heterocycles. The summed E-state index contributed by atoms with van der Waals surface area (Å²) in [6.45, 7) is 0.740. The number of para-hydroxylation sites is 1. The van der Waals surface area contributed by atoms with E-state index in [2.05, 4.69) is 10.3 Å². The minimum Gasteiger partial charge on any atom is -0.493 e. The molecule has 0 aliphatic carbocycles. The van der Waals surface area contributed by atoms with E-state index in [0.29, 0.717) is 30.4 Å². The number of hydrogen-bond donors (Lipinski definition) is 1. The summed E-state index contributed by atoms with van der Waals surface area (Å²) < 4.78 is 16.2. The van der Waals surface area contributed by atoms with Crippen LogP contribution < -0.4 is 19.5 Å². The number of amides is 1. The molecule has 6 nitrogen and oxygen atoms in total.